The second kappa shape index (κ2) is 9.23. The van der Waals surface area contributed by atoms with Crippen molar-refractivity contribution < 1.29 is 18.4 Å². The van der Waals surface area contributed by atoms with E-state index in [2.05, 4.69) is 25.8 Å². The number of carbonyl (C=O) groups excluding carboxylic acids is 2. The first-order valence-electron chi connectivity index (χ1n) is 9.13. The van der Waals surface area contributed by atoms with Crippen LogP contribution in [0.4, 0.5) is 9.52 Å². The lowest BCUT2D eigenvalue weighted by Gasteiger charge is -2.03. The molecule has 0 saturated carbocycles. The molecule has 2 amide bonds. The summed E-state index contributed by atoms with van der Waals surface area (Å²) >= 11 is 2.47. The lowest BCUT2D eigenvalue weighted by atomic mass is 10.2. The van der Waals surface area contributed by atoms with Gasteiger partial charge in [0.25, 0.3) is 11.1 Å². The Hall–Kier alpha value is -3.31. The molecule has 0 aliphatic carbocycles. The highest BCUT2D eigenvalue weighted by molar-refractivity contribution is 7.99. The molecular weight excluding hydrogens is 441 g/mol. The van der Waals surface area contributed by atoms with Crippen LogP contribution >= 0.6 is 23.1 Å². The molecule has 31 heavy (non-hydrogen) atoms. The third-order valence-electron chi connectivity index (χ3n) is 4.08. The third-order valence-corrected chi connectivity index (χ3v) is 5.84. The van der Waals surface area contributed by atoms with Gasteiger partial charge in [0, 0.05) is 0 Å². The number of thiazole rings is 1. The average molecular weight is 458 g/mol. The molecule has 0 fully saturated rings. The topological polar surface area (TPSA) is 110 Å². The molecule has 2 aromatic heterocycles. The van der Waals surface area contributed by atoms with E-state index >= 15 is 0 Å². The van der Waals surface area contributed by atoms with Crippen molar-refractivity contribution in [3.8, 4) is 0 Å². The fraction of sp³-hybridized carbons (Fsp3) is 0.150. The van der Waals surface area contributed by atoms with E-state index in [4.69, 9.17) is 4.42 Å². The molecule has 0 atom stereocenters. The number of nitrogens with one attached hydrogen (secondary N) is 2. The Bertz CT molecular complexity index is 1260. The molecule has 11 heteroatoms. The number of nitrogens with zero attached hydrogens (tertiary/aromatic N) is 3. The minimum atomic E-state index is -0.615. The van der Waals surface area contributed by atoms with Gasteiger partial charge in [-0.1, -0.05) is 41.3 Å². The van der Waals surface area contributed by atoms with Gasteiger partial charge in [-0.25, -0.2) is 9.37 Å². The number of anilines is 1. The maximum atomic E-state index is 13.6. The summed E-state index contributed by atoms with van der Waals surface area (Å²) in [7, 11) is 0. The molecule has 2 aromatic carbocycles. The smallest absolute Gasteiger partial charge is 0.277 e. The molecule has 0 spiro atoms. The first-order chi connectivity index (χ1) is 15.0. The van der Waals surface area contributed by atoms with Crippen LogP contribution in [-0.4, -0.2) is 32.7 Å². The van der Waals surface area contributed by atoms with E-state index in [1.807, 2.05) is 25.1 Å². The summed E-state index contributed by atoms with van der Waals surface area (Å²) in [5, 5.41) is 13.6. The number of hydrogen-bond acceptors (Lipinski definition) is 8. The molecule has 0 radical (unpaired) electrons. The van der Waals surface area contributed by atoms with Crippen molar-refractivity contribution >= 4 is 50.3 Å². The highest BCUT2D eigenvalue weighted by atomic mass is 32.2. The van der Waals surface area contributed by atoms with Crippen molar-refractivity contribution in [2.45, 2.75) is 18.7 Å². The van der Waals surface area contributed by atoms with Gasteiger partial charge in [0.1, 0.15) is 5.82 Å². The predicted molar refractivity (Wildman–Crippen MR) is 116 cm³/mol. The summed E-state index contributed by atoms with van der Waals surface area (Å²) in [6.45, 7) is 1.94. The third kappa shape index (κ3) is 5.25. The maximum absolute atomic E-state index is 13.6. The number of halogens is 1. The zero-order valence-corrected chi connectivity index (χ0v) is 17.8. The van der Waals surface area contributed by atoms with Gasteiger partial charge in [0.05, 0.1) is 28.1 Å². The van der Waals surface area contributed by atoms with Crippen LogP contribution < -0.4 is 10.6 Å². The first kappa shape index (κ1) is 20.9. The molecule has 0 unspecified atom stereocenters. The number of aryl methyl sites for hydroxylation is 1. The zero-order valence-electron chi connectivity index (χ0n) is 16.2. The van der Waals surface area contributed by atoms with Gasteiger partial charge in [-0.3, -0.25) is 9.59 Å². The van der Waals surface area contributed by atoms with E-state index in [9.17, 15) is 14.0 Å². The number of hydrogen-bond donors (Lipinski definition) is 2. The van der Waals surface area contributed by atoms with Crippen LogP contribution in [0.5, 0.6) is 0 Å². The van der Waals surface area contributed by atoms with Gasteiger partial charge < -0.3 is 15.1 Å². The number of benzene rings is 2. The van der Waals surface area contributed by atoms with Crippen LogP contribution in [0.15, 0.2) is 52.1 Å². The number of rotatable bonds is 7. The van der Waals surface area contributed by atoms with Crippen molar-refractivity contribution in [2.24, 2.45) is 0 Å². The largest absolute Gasteiger partial charge is 0.414 e. The maximum Gasteiger partial charge on any atom is 0.277 e. The van der Waals surface area contributed by atoms with Crippen LogP contribution in [0.1, 0.15) is 21.8 Å². The predicted octanol–water partition coefficient (Wildman–Crippen LogP) is 3.79. The fourth-order valence-electron chi connectivity index (χ4n) is 2.63. The Balaban J connectivity index is 1.27. The molecule has 0 bridgehead atoms. The minimum Gasteiger partial charge on any atom is -0.414 e. The summed E-state index contributed by atoms with van der Waals surface area (Å²) in [4.78, 5) is 28.6. The number of fused-ring (bicyclic) bond motifs is 1. The van der Waals surface area contributed by atoms with Gasteiger partial charge in [-0.2, -0.15) is 0 Å². The molecular formula is C20H16FN5O3S2. The normalized spacial score (nSPS) is 10.9. The molecule has 0 saturated heterocycles. The summed E-state index contributed by atoms with van der Waals surface area (Å²) < 4.78 is 20.0. The Morgan fingerprint density at radius 3 is 2.87 bits per heavy atom. The van der Waals surface area contributed by atoms with Gasteiger partial charge >= 0.3 is 0 Å². The second-order valence-corrected chi connectivity index (χ2v) is 8.41. The summed E-state index contributed by atoms with van der Waals surface area (Å²) in [6.07, 6.45) is 0. The van der Waals surface area contributed by atoms with Crippen LogP contribution in [-0.2, 0) is 11.3 Å². The van der Waals surface area contributed by atoms with Crippen molar-refractivity contribution in [1.82, 2.24) is 20.5 Å². The number of thioether (sulfide) groups is 1. The van der Waals surface area contributed by atoms with Gasteiger partial charge in [0.2, 0.25) is 11.8 Å². The van der Waals surface area contributed by atoms with E-state index in [0.29, 0.717) is 5.13 Å². The van der Waals surface area contributed by atoms with Crippen LogP contribution in [0.25, 0.3) is 10.2 Å². The molecule has 0 aliphatic rings. The highest BCUT2D eigenvalue weighted by Crippen LogP contribution is 2.27. The number of amides is 2. The van der Waals surface area contributed by atoms with E-state index in [0.717, 1.165) is 27.5 Å². The van der Waals surface area contributed by atoms with Crippen molar-refractivity contribution in [1.29, 1.82) is 0 Å². The average Bonchev–Trinajstić information content (AvgIpc) is 3.36. The monoisotopic (exact) mass is 457 g/mol. The number of aromatic nitrogens is 3. The van der Waals surface area contributed by atoms with Crippen molar-refractivity contribution in [3.05, 3.63) is 65.3 Å². The Morgan fingerprint density at radius 2 is 2.03 bits per heavy atom. The van der Waals surface area contributed by atoms with Crippen molar-refractivity contribution in [2.75, 3.05) is 11.1 Å². The fourth-order valence-corrected chi connectivity index (χ4v) is 4.19. The van der Waals surface area contributed by atoms with Gasteiger partial charge in [-0.05, 0) is 36.8 Å². The lowest BCUT2D eigenvalue weighted by molar-refractivity contribution is -0.113. The van der Waals surface area contributed by atoms with E-state index < -0.39 is 11.7 Å². The summed E-state index contributed by atoms with van der Waals surface area (Å²) in [5.41, 5.74) is 1.89. The molecule has 158 valence electrons. The highest BCUT2D eigenvalue weighted by Gasteiger charge is 2.14. The SMILES string of the molecule is Cc1ccc2nc(NC(=O)CSc3nnc(CNC(=O)c4ccccc4F)o3)sc2c1. The standard InChI is InChI=1S/C20H16FN5O3S2/c1-11-6-7-14-15(8-11)31-19(23-14)24-16(27)10-30-20-26-25-17(29-20)9-22-18(28)12-4-2-3-5-13(12)21/h2-8H,9-10H2,1H3,(H,22,28)(H,23,24,27). The van der Waals surface area contributed by atoms with E-state index in [1.165, 1.54) is 29.5 Å². The van der Waals surface area contributed by atoms with Crippen LogP contribution in [0, 0.1) is 12.7 Å². The Kier molecular flexibility index (Phi) is 6.23. The Labute approximate surface area is 184 Å². The molecule has 4 rings (SSSR count). The molecule has 4 aromatic rings. The van der Waals surface area contributed by atoms with E-state index in [-0.39, 0.29) is 34.9 Å². The van der Waals surface area contributed by atoms with Crippen LogP contribution in [0.3, 0.4) is 0 Å². The quantitative estimate of drug-likeness (QED) is 0.406. The van der Waals surface area contributed by atoms with E-state index in [1.54, 1.807) is 6.07 Å². The molecule has 2 N–H and O–H groups in total. The lowest BCUT2D eigenvalue weighted by Crippen LogP contribution is -2.23. The number of carbonyl (C=O) groups is 2. The molecule has 0 aliphatic heterocycles. The second-order valence-electron chi connectivity index (χ2n) is 6.45. The van der Waals surface area contributed by atoms with Gasteiger partial charge in [-0.15, -0.1) is 10.2 Å². The Morgan fingerprint density at radius 1 is 1.19 bits per heavy atom. The summed E-state index contributed by atoms with van der Waals surface area (Å²) in [5.74, 6) is -1.26. The first-order valence-corrected chi connectivity index (χ1v) is 10.9. The van der Waals surface area contributed by atoms with Crippen LogP contribution in [0.2, 0.25) is 0 Å². The summed E-state index contributed by atoms with van der Waals surface area (Å²) in [6, 6.07) is 11.6. The zero-order chi connectivity index (χ0) is 21.8. The molecule has 2 heterocycles. The van der Waals surface area contributed by atoms with Crippen molar-refractivity contribution in [3.63, 3.8) is 0 Å². The molecule has 8 nitrogen and oxygen atoms in total. The van der Waals surface area contributed by atoms with Gasteiger partial charge in [0.15, 0.2) is 5.13 Å². The minimum absolute atomic E-state index is 0.0537.